The molecule has 0 bridgehead atoms. The molecule has 0 atom stereocenters. The van der Waals surface area contributed by atoms with E-state index in [0.717, 1.165) is 18.4 Å². The van der Waals surface area contributed by atoms with E-state index in [-0.39, 0.29) is 6.42 Å². The largest absolute Gasteiger partial charge is 0.480 e. The zero-order valence-corrected chi connectivity index (χ0v) is 11.1. The second-order valence-electron chi connectivity index (χ2n) is 5.08. The van der Waals surface area contributed by atoms with Gasteiger partial charge in [0.1, 0.15) is 5.54 Å². The second-order valence-corrected chi connectivity index (χ2v) is 5.08. The Morgan fingerprint density at radius 1 is 1.35 bits per heavy atom. The van der Waals surface area contributed by atoms with Gasteiger partial charge in [-0.25, -0.2) is 4.79 Å². The van der Waals surface area contributed by atoms with E-state index in [1.54, 1.807) is 24.3 Å². The summed E-state index contributed by atoms with van der Waals surface area (Å²) in [6, 6.07) is 8.74. The number of hydrogen-bond acceptors (Lipinski definition) is 3. The number of carboxylic acids is 1. The molecule has 5 nitrogen and oxygen atoms in total. The van der Waals surface area contributed by atoms with Gasteiger partial charge in [0, 0.05) is 5.56 Å². The third-order valence-corrected chi connectivity index (χ3v) is 3.69. The van der Waals surface area contributed by atoms with E-state index in [9.17, 15) is 14.7 Å². The minimum Gasteiger partial charge on any atom is -0.480 e. The lowest BCUT2D eigenvalue weighted by Crippen LogP contribution is -2.52. The molecule has 0 aliphatic heterocycles. The van der Waals surface area contributed by atoms with Crippen LogP contribution in [0.2, 0.25) is 0 Å². The number of benzene rings is 1. The van der Waals surface area contributed by atoms with Crippen LogP contribution in [-0.4, -0.2) is 22.5 Å². The second kappa shape index (κ2) is 5.74. The minimum absolute atomic E-state index is 0.227. The van der Waals surface area contributed by atoms with Crippen molar-refractivity contribution in [3.8, 4) is 6.07 Å². The fourth-order valence-electron chi connectivity index (χ4n) is 2.57. The summed E-state index contributed by atoms with van der Waals surface area (Å²) < 4.78 is 0. The van der Waals surface area contributed by atoms with Crippen LogP contribution < -0.4 is 5.32 Å². The molecule has 0 aromatic heterocycles. The number of nitriles is 1. The van der Waals surface area contributed by atoms with Gasteiger partial charge in [0.2, 0.25) is 0 Å². The third kappa shape index (κ3) is 2.80. The number of aliphatic carboxylic acids is 1. The molecule has 1 aromatic carbocycles. The highest BCUT2D eigenvalue weighted by molar-refractivity contribution is 5.98. The highest BCUT2D eigenvalue weighted by Gasteiger charge is 2.42. The normalized spacial score (nSPS) is 16.4. The van der Waals surface area contributed by atoms with E-state index < -0.39 is 17.4 Å². The lowest BCUT2D eigenvalue weighted by molar-refractivity contribution is -0.144. The van der Waals surface area contributed by atoms with Crippen molar-refractivity contribution in [1.82, 2.24) is 5.32 Å². The molecule has 0 saturated heterocycles. The summed E-state index contributed by atoms with van der Waals surface area (Å²) in [6.07, 6.45) is 2.77. The molecule has 1 aromatic rings. The summed E-state index contributed by atoms with van der Waals surface area (Å²) in [6.45, 7) is 0. The first-order valence-corrected chi connectivity index (χ1v) is 6.59. The first kappa shape index (κ1) is 14.1. The highest BCUT2D eigenvalue weighted by Crippen LogP contribution is 2.30. The van der Waals surface area contributed by atoms with Gasteiger partial charge in [-0.3, -0.25) is 4.79 Å². The zero-order chi connectivity index (χ0) is 14.6. The van der Waals surface area contributed by atoms with Gasteiger partial charge < -0.3 is 10.4 Å². The Labute approximate surface area is 117 Å². The minimum atomic E-state index is -1.14. The monoisotopic (exact) mass is 272 g/mol. The van der Waals surface area contributed by atoms with Crippen LogP contribution in [0.4, 0.5) is 0 Å². The van der Waals surface area contributed by atoms with E-state index in [0.29, 0.717) is 18.4 Å². The summed E-state index contributed by atoms with van der Waals surface area (Å²) in [5.74, 6) is -1.37. The number of nitrogens with one attached hydrogen (secondary N) is 1. The van der Waals surface area contributed by atoms with Crippen LogP contribution in [0.5, 0.6) is 0 Å². The van der Waals surface area contributed by atoms with Crippen molar-refractivity contribution in [2.75, 3.05) is 0 Å². The van der Waals surface area contributed by atoms with Crippen molar-refractivity contribution >= 4 is 11.9 Å². The molecule has 5 heteroatoms. The van der Waals surface area contributed by atoms with Gasteiger partial charge in [0.15, 0.2) is 0 Å². The zero-order valence-electron chi connectivity index (χ0n) is 11.1. The van der Waals surface area contributed by atoms with E-state index >= 15 is 0 Å². The molecule has 1 fully saturated rings. The average molecular weight is 272 g/mol. The van der Waals surface area contributed by atoms with Crippen LogP contribution >= 0.6 is 0 Å². The van der Waals surface area contributed by atoms with Crippen molar-refractivity contribution in [1.29, 1.82) is 5.26 Å². The molecule has 0 unspecified atom stereocenters. The summed E-state index contributed by atoms with van der Waals surface area (Å²) in [4.78, 5) is 23.6. The molecule has 0 spiro atoms. The smallest absolute Gasteiger partial charge is 0.329 e. The Hall–Kier alpha value is -2.35. The molecule has 20 heavy (non-hydrogen) atoms. The van der Waals surface area contributed by atoms with E-state index in [4.69, 9.17) is 5.26 Å². The fourth-order valence-corrected chi connectivity index (χ4v) is 2.57. The molecule has 1 saturated carbocycles. The van der Waals surface area contributed by atoms with Crippen LogP contribution in [0.15, 0.2) is 24.3 Å². The molecular formula is C15H16N2O3. The third-order valence-electron chi connectivity index (χ3n) is 3.69. The van der Waals surface area contributed by atoms with Gasteiger partial charge >= 0.3 is 5.97 Å². The van der Waals surface area contributed by atoms with Gasteiger partial charge in [0.05, 0.1) is 12.5 Å². The number of rotatable bonds is 4. The van der Waals surface area contributed by atoms with Gasteiger partial charge in [-0.05, 0) is 30.5 Å². The first-order valence-electron chi connectivity index (χ1n) is 6.59. The first-order chi connectivity index (χ1) is 9.57. The van der Waals surface area contributed by atoms with Crippen LogP contribution in [0.3, 0.4) is 0 Å². The number of carbonyl (C=O) groups is 2. The topological polar surface area (TPSA) is 90.2 Å². The number of hydrogen-bond donors (Lipinski definition) is 2. The predicted molar refractivity (Wildman–Crippen MR) is 72.1 cm³/mol. The quantitative estimate of drug-likeness (QED) is 0.875. The molecule has 104 valence electrons. The van der Waals surface area contributed by atoms with Crippen LogP contribution in [0.25, 0.3) is 0 Å². The van der Waals surface area contributed by atoms with Crippen LogP contribution in [-0.2, 0) is 11.2 Å². The predicted octanol–water partition coefficient (Wildman–Crippen LogP) is 1.88. The molecule has 2 rings (SSSR count). The van der Waals surface area contributed by atoms with Crippen LogP contribution in [0.1, 0.15) is 41.6 Å². The lowest BCUT2D eigenvalue weighted by atomic mass is 9.97. The van der Waals surface area contributed by atoms with Gasteiger partial charge in [-0.15, -0.1) is 0 Å². The van der Waals surface area contributed by atoms with E-state index in [1.807, 2.05) is 6.07 Å². The fraction of sp³-hybridized carbons (Fsp3) is 0.400. The Morgan fingerprint density at radius 3 is 2.65 bits per heavy atom. The van der Waals surface area contributed by atoms with E-state index in [1.165, 1.54) is 0 Å². The Morgan fingerprint density at radius 2 is 2.05 bits per heavy atom. The maximum atomic E-state index is 12.2. The van der Waals surface area contributed by atoms with Crippen molar-refractivity contribution < 1.29 is 14.7 Å². The Balaban J connectivity index is 2.17. The molecular weight excluding hydrogens is 256 g/mol. The Bertz CT molecular complexity index is 569. The summed E-state index contributed by atoms with van der Waals surface area (Å²) in [7, 11) is 0. The summed E-state index contributed by atoms with van der Waals surface area (Å²) in [5.41, 5.74) is 0.00343. The van der Waals surface area contributed by atoms with Crippen molar-refractivity contribution in [2.45, 2.75) is 37.6 Å². The molecule has 0 heterocycles. The number of nitrogens with zero attached hydrogens (tertiary/aromatic N) is 1. The van der Waals surface area contributed by atoms with Crippen molar-refractivity contribution in [2.24, 2.45) is 0 Å². The van der Waals surface area contributed by atoms with Gasteiger partial charge in [0.25, 0.3) is 5.91 Å². The molecule has 2 N–H and O–H groups in total. The van der Waals surface area contributed by atoms with Crippen molar-refractivity contribution in [3.63, 3.8) is 0 Å². The lowest BCUT2D eigenvalue weighted by Gasteiger charge is -2.25. The van der Waals surface area contributed by atoms with Crippen molar-refractivity contribution in [3.05, 3.63) is 35.4 Å². The average Bonchev–Trinajstić information content (AvgIpc) is 2.89. The number of carboxylic acid groups (broad SMARTS) is 1. The summed E-state index contributed by atoms with van der Waals surface area (Å²) in [5, 5.41) is 20.7. The maximum Gasteiger partial charge on any atom is 0.329 e. The van der Waals surface area contributed by atoms with E-state index in [2.05, 4.69) is 5.32 Å². The number of amides is 1. The molecule has 0 radical (unpaired) electrons. The Kier molecular flexibility index (Phi) is 4.04. The summed E-state index contributed by atoms with van der Waals surface area (Å²) >= 11 is 0. The number of carbonyl (C=O) groups excluding carboxylic acids is 1. The SMILES string of the molecule is N#CCc1cccc(C(=O)NC2(C(=O)O)CCCC2)c1. The standard InChI is InChI=1S/C15H16N2O3/c16-9-6-11-4-3-5-12(10-11)13(18)17-15(14(19)20)7-1-2-8-15/h3-5,10H,1-2,6-8H2,(H,17,18)(H,19,20). The van der Waals surface area contributed by atoms with Gasteiger partial charge in [-0.1, -0.05) is 25.0 Å². The maximum absolute atomic E-state index is 12.2. The molecule has 1 amide bonds. The van der Waals surface area contributed by atoms with Crippen LogP contribution in [0, 0.1) is 11.3 Å². The molecule has 1 aliphatic carbocycles. The highest BCUT2D eigenvalue weighted by atomic mass is 16.4. The molecule has 1 aliphatic rings. The van der Waals surface area contributed by atoms with Gasteiger partial charge in [-0.2, -0.15) is 5.26 Å².